The molecule has 2 aromatic carbocycles. The summed E-state index contributed by atoms with van der Waals surface area (Å²) in [7, 11) is 0. The number of para-hydroxylation sites is 2. The minimum atomic E-state index is -0.338. The summed E-state index contributed by atoms with van der Waals surface area (Å²) in [6, 6.07) is 13.2. The van der Waals surface area contributed by atoms with Crippen molar-refractivity contribution < 1.29 is 19.1 Å². The van der Waals surface area contributed by atoms with Crippen LogP contribution in [0.3, 0.4) is 0 Å². The van der Waals surface area contributed by atoms with Crippen molar-refractivity contribution in [1.82, 2.24) is 14.9 Å². The predicted octanol–water partition coefficient (Wildman–Crippen LogP) is 2.06. The fraction of sp³-hybridized carbons (Fsp3) is 0.333. The number of fused-ring (bicyclic) bond motifs is 2. The van der Waals surface area contributed by atoms with Crippen LogP contribution in [0.15, 0.2) is 48.7 Å². The summed E-state index contributed by atoms with van der Waals surface area (Å²) >= 11 is 0. The molecule has 1 aromatic heterocycles. The van der Waals surface area contributed by atoms with Crippen molar-refractivity contribution in [1.29, 1.82) is 0 Å². The van der Waals surface area contributed by atoms with Crippen molar-refractivity contribution in [2.45, 2.75) is 6.42 Å². The molecule has 33 heavy (non-hydrogen) atoms. The molecule has 3 aliphatic rings. The van der Waals surface area contributed by atoms with E-state index in [4.69, 9.17) is 14.5 Å². The Kier molecular flexibility index (Phi) is 4.74. The lowest BCUT2D eigenvalue weighted by atomic mass is 10.1. The lowest BCUT2D eigenvalue weighted by Gasteiger charge is -2.36. The largest absolute Gasteiger partial charge is 0.454 e. The van der Waals surface area contributed by atoms with E-state index in [2.05, 4.69) is 9.88 Å². The van der Waals surface area contributed by atoms with Gasteiger partial charge in [0.05, 0.1) is 23.1 Å². The normalized spacial score (nSPS) is 20.1. The first-order chi connectivity index (χ1) is 16.2. The van der Waals surface area contributed by atoms with Crippen molar-refractivity contribution >= 4 is 34.4 Å². The zero-order chi connectivity index (χ0) is 22.4. The van der Waals surface area contributed by atoms with Gasteiger partial charge < -0.3 is 24.2 Å². The van der Waals surface area contributed by atoms with Gasteiger partial charge in [0.1, 0.15) is 5.82 Å². The van der Waals surface area contributed by atoms with Crippen molar-refractivity contribution in [3.63, 3.8) is 0 Å². The van der Waals surface area contributed by atoms with Crippen LogP contribution in [-0.4, -0.2) is 66.2 Å². The van der Waals surface area contributed by atoms with Gasteiger partial charge in [-0.1, -0.05) is 12.1 Å². The van der Waals surface area contributed by atoms with Crippen LogP contribution in [0.5, 0.6) is 11.5 Å². The van der Waals surface area contributed by atoms with Crippen LogP contribution in [0.1, 0.15) is 6.42 Å². The van der Waals surface area contributed by atoms with Gasteiger partial charge in [0.25, 0.3) is 0 Å². The molecule has 6 rings (SSSR count). The van der Waals surface area contributed by atoms with Crippen LogP contribution in [0.4, 0.5) is 11.5 Å². The molecular formula is C24H23N5O4. The topological polar surface area (TPSA) is 88.1 Å². The molecular weight excluding hydrogens is 422 g/mol. The SMILES string of the molecule is O=C(C1CC(=O)N(c2ccc3c(c2)OCO3)C1)N1CCN(c2cnc3ccccc3n2)CC1. The van der Waals surface area contributed by atoms with E-state index in [0.717, 1.165) is 22.5 Å². The second-order valence-corrected chi connectivity index (χ2v) is 8.47. The van der Waals surface area contributed by atoms with E-state index < -0.39 is 0 Å². The first-order valence-corrected chi connectivity index (χ1v) is 11.1. The minimum Gasteiger partial charge on any atom is -0.454 e. The highest BCUT2D eigenvalue weighted by molar-refractivity contribution is 6.00. The first kappa shape index (κ1) is 19.8. The monoisotopic (exact) mass is 445 g/mol. The van der Waals surface area contributed by atoms with Gasteiger partial charge in [-0.15, -0.1) is 0 Å². The fourth-order valence-electron chi connectivity index (χ4n) is 4.69. The van der Waals surface area contributed by atoms with E-state index in [1.165, 1.54) is 0 Å². The smallest absolute Gasteiger partial charge is 0.231 e. The number of carbonyl (C=O) groups excluding carboxylic acids is 2. The van der Waals surface area contributed by atoms with Gasteiger partial charge in [0.2, 0.25) is 18.6 Å². The van der Waals surface area contributed by atoms with Crippen LogP contribution in [0.25, 0.3) is 11.0 Å². The number of hydrogen-bond acceptors (Lipinski definition) is 7. The Morgan fingerprint density at radius 3 is 2.61 bits per heavy atom. The Labute approximate surface area is 190 Å². The number of aromatic nitrogens is 2. The molecule has 0 spiro atoms. The van der Waals surface area contributed by atoms with E-state index in [1.807, 2.05) is 35.2 Å². The molecule has 2 fully saturated rings. The molecule has 4 heterocycles. The minimum absolute atomic E-state index is 0.0378. The molecule has 0 aliphatic carbocycles. The Bertz CT molecular complexity index is 1240. The number of anilines is 2. The molecule has 2 amide bonds. The number of benzene rings is 2. The van der Waals surface area contributed by atoms with Crippen LogP contribution in [0, 0.1) is 5.92 Å². The van der Waals surface area contributed by atoms with Crippen LogP contribution in [0.2, 0.25) is 0 Å². The molecule has 0 saturated carbocycles. The standard InChI is InChI=1S/C24H23N5O4/c30-23-11-16(14-29(23)17-5-6-20-21(12-17)33-15-32-20)24(31)28-9-7-27(8-10-28)22-13-25-18-3-1-2-4-19(18)26-22/h1-6,12-13,16H,7-11,14-15H2. The molecule has 0 bridgehead atoms. The summed E-state index contributed by atoms with van der Waals surface area (Å²) in [6.07, 6.45) is 2.02. The first-order valence-electron chi connectivity index (χ1n) is 11.1. The molecule has 9 nitrogen and oxygen atoms in total. The van der Waals surface area contributed by atoms with Gasteiger partial charge in [0.15, 0.2) is 11.5 Å². The van der Waals surface area contributed by atoms with Gasteiger partial charge in [-0.05, 0) is 24.3 Å². The summed E-state index contributed by atoms with van der Waals surface area (Å²) in [5.41, 5.74) is 2.47. The van der Waals surface area contributed by atoms with Crippen LogP contribution in [-0.2, 0) is 9.59 Å². The number of rotatable bonds is 3. The second kappa shape index (κ2) is 7.91. The third kappa shape index (κ3) is 3.59. The number of piperazine rings is 1. The fourth-order valence-corrected chi connectivity index (χ4v) is 4.69. The Hall–Kier alpha value is -3.88. The van der Waals surface area contributed by atoms with Crippen molar-refractivity contribution in [2.75, 3.05) is 49.3 Å². The van der Waals surface area contributed by atoms with Crippen molar-refractivity contribution in [3.05, 3.63) is 48.7 Å². The molecule has 2 saturated heterocycles. The van der Waals surface area contributed by atoms with Gasteiger partial charge >= 0.3 is 0 Å². The summed E-state index contributed by atoms with van der Waals surface area (Å²) in [5.74, 6) is 1.78. The number of ether oxygens (including phenoxy) is 2. The lowest BCUT2D eigenvalue weighted by Crippen LogP contribution is -2.51. The maximum Gasteiger partial charge on any atom is 0.231 e. The average Bonchev–Trinajstić information content (AvgIpc) is 3.49. The van der Waals surface area contributed by atoms with E-state index in [9.17, 15) is 9.59 Å². The number of carbonyl (C=O) groups is 2. The summed E-state index contributed by atoms with van der Waals surface area (Å²) < 4.78 is 10.8. The lowest BCUT2D eigenvalue weighted by molar-refractivity contribution is -0.136. The molecule has 3 aromatic rings. The van der Waals surface area contributed by atoms with E-state index >= 15 is 0 Å². The second-order valence-electron chi connectivity index (χ2n) is 8.47. The van der Waals surface area contributed by atoms with Crippen LogP contribution >= 0.6 is 0 Å². The van der Waals surface area contributed by atoms with Crippen molar-refractivity contribution in [3.8, 4) is 11.5 Å². The summed E-state index contributed by atoms with van der Waals surface area (Å²) in [5, 5.41) is 0. The highest BCUT2D eigenvalue weighted by Gasteiger charge is 2.38. The van der Waals surface area contributed by atoms with Gasteiger partial charge in [-0.3, -0.25) is 14.6 Å². The van der Waals surface area contributed by atoms with Gasteiger partial charge in [0, 0.05) is 50.9 Å². The maximum absolute atomic E-state index is 13.2. The molecule has 0 N–H and O–H groups in total. The van der Waals surface area contributed by atoms with E-state index in [0.29, 0.717) is 44.2 Å². The molecule has 9 heteroatoms. The third-order valence-electron chi connectivity index (χ3n) is 6.49. The molecule has 168 valence electrons. The van der Waals surface area contributed by atoms with E-state index in [-0.39, 0.29) is 30.9 Å². The Balaban J connectivity index is 1.10. The summed E-state index contributed by atoms with van der Waals surface area (Å²) in [6.45, 7) is 3.14. The highest BCUT2D eigenvalue weighted by atomic mass is 16.7. The Morgan fingerprint density at radius 1 is 0.970 bits per heavy atom. The molecule has 0 radical (unpaired) electrons. The zero-order valence-electron chi connectivity index (χ0n) is 18.0. The quantitative estimate of drug-likeness (QED) is 0.610. The van der Waals surface area contributed by atoms with Gasteiger partial charge in [-0.2, -0.15) is 0 Å². The average molecular weight is 445 g/mol. The number of amides is 2. The van der Waals surface area contributed by atoms with Crippen LogP contribution < -0.4 is 19.3 Å². The Morgan fingerprint density at radius 2 is 1.76 bits per heavy atom. The van der Waals surface area contributed by atoms with Crippen molar-refractivity contribution in [2.24, 2.45) is 5.92 Å². The third-order valence-corrected chi connectivity index (χ3v) is 6.49. The van der Waals surface area contributed by atoms with Gasteiger partial charge in [-0.25, -0.2) is 4.98 Å². The predicted molar refractivity (Wildman–Crippen MR) is 121 cm³/mol. The molecule has 1 atom stereocenters. The highest BCUT2D eigenvalue weighted by Crippen LogP contribution is 2.37. The number of hydrogen-bond donors (Lipinski definition) is 0. The molecule has 1 unspecified atom stereocenters. The summed E-state index contributed by atoms with van der Waals surface area (Å²) in [4.78, 5) is 40.8. The molecule has 3 aliphatic heterocycles. The van der Waals surface area contributed by atoms with E-state index in [1.54, 1.807) is 23.2 Å². The number of nitrogens with zero attached hydrogens (tertiary/aromatic N) is 5. The maximum atomic E-state index is 13.2. The zero-order valence-corrected chi connectivity index (χ0v) is 18.0.